The maximum atomic E-state index is 11.6. The molecule has 1 aromatic carbocycles. The highest BCUT2D eigenvalue weighted by Gasteiger charge is 2.15. The number of hydrogen-bond donors (Lipinski definition) is 3. The topological polar surface area (TPSA) is 93.2 Å². The van der Waals surface area contributed by atoms with Crippen molar-refractivity contribution in [3.63, 3.8) is 0 Å². The van der Waals surface area contributed by atoms with Gasteiger partial charge in [-0.3, -0.25) is 4.99 Å². The molecular formula is C18H29IN4O4. The molecule has 0 saturated carbocycles. The van der Waals surface area contributed by atoms with E-state index in [1.54, 1.807) is 7.05 Å². The van der Waals surface area contributed by atoms with Gasteiger partial charge in [-0.1, -0.05) is 6.07 Å². The molecule has 0 spiro atoms. The molecule has 152 valence electrons. The van der Waals surface area contributed by atoms with Gasteiger partial charge in [-0.2, -0.15) is 0 Å². The fraction of sp³-hybridized carbons (Fsp3) is 0.556. The minimum atomic E-state index is -0.496. The van der Waals surface area contributed by atoms with Gasteiger partial charge < -0.3 is 30.2 Å². The number of nitrogens with zero attached hydrogens (tertiary/aromatic N) is 1. The molecule has 1 heterocycles. The molecule has 8 nitrogen and oxygen atoms in total. The van der Waals surface area contributed by atoms with E-state index in [4.69, 9.17) is 14.2 Å². The van der Waals surface area contributed by atoms with Crippen LogP contribution in [0.2, 0.25) is 0 Å². The summed E-state index contributed by atoms with van der Waals surface area (Å²) in [6, 6.07) is 5.94. The Morgan fingerprint density at radius 3 is 2.48 bits per heavy atom. The van der Waals surface area contributed by atoms with E-state index >= 15 is 0 Å². The normalized spacial score (nSPS) is 12.8. The van der Waals surface area contributed by atoms with Crippen molar-refractivity contribution in [2.75, 3.05) is 33.5 Å². The summed E-state index contributed by atoms with van der Waals surface area (Å²) in [6.07, 6.45) is 0.401. The van der Waals surface area contributed by atoms with Crippen LogP contribution in [-0.4, -0.2) is 51.1 Å². The summed E-state index contributed by atoms with van der Waals surface area (Å²) in [7, 11) is 1.71. The number of halogens is 1. The van der Waals surface area contributed by atoms with Crippen LogP contribution in [0.25, 0.3) is 0 Å². The lowest BCUT2D eigenvalue weighted by atomic mass is 10.1. The Bertz CT molecular complexity index is 647. The first-order valence-corrected chi connectivity index (χ1v) is 8.67. The highest BCUT2D eigenvalue weighted by atomic mass is 127. The van der Waals surface area contributed by atoms with Gasteiger partial charge in [0.2, 0.25) is 6.79 Å². The minimum absolute atomic E-state index is 0. The van der Waals surface area contributed by atoms with Gasteiger partial charge in [0.25, 0.3) is 0 Å². The summed E-state index contributed by atoms with van der Waals surface area (Å²) < 4.78 is 15.9. The molecule has 1 aliphatic heterocycles. The molecular weight excluding hydrogens is 463 g/mol. The van der Waals surface area contributed by atoms with Gasteiger partial charge in [0.15, 0.2) is 17.5 Å². The standard InChI is InChI=1S/C18H28N4O4.HI/c1-18(2,3)26-17(23)22-10-9-21-16(19-4)20-8-7-13-5-6-14-15(11-13)25-12-24-14;/h5-6,11H,7-10,12H2,1-4H3,(H,22,23)(H2,19,20,21);1H. The zero-order valence-corrected chi connectivity index (χ0v) is 18.6. The van der Waals surface area contributed by atoms with E-state index in [-0.39, 0.29) is 30.8 Å². The third-order valence-corrected chi connectivity index (χ3v) is 3.45. The monoisotopic (exact) mass is 492 g/mol. The first-order chi connectivity index (χ1) is 12.4. The van der Waals surface area contributed by atoms with Crippen molar-refractivity contribution in [2.45, 2.75) is 32.8 Å². The van der Waals surface area contributed by atoms with E-state index in [9.17, 15) is 4.79 Å². The lowest BCUT2D eigenvalue weighted by Gasteiger charge is -2.19. The summed E-state index contributed by atoms with van der Waals surface area (Å²) in [5.74, 6) is 2.26. The molecule has 0 aliphatic carbocycles. The van der Waals surface area contributed by atoms with Gasteiger partial charge in [0.1, 0.15) is 5.60 Å². The molecule has 0 fully saturated rings. The molecule has 1 aromatic rings. The number of benzene rings is 1. The molecule has 3 N–H and O–H groups in total. The molecule has 0 radical (unpaired) electrons. The number of guanidine groups is 1. The number of rotatable bonds is 6. The first-order valence-electron chi connectivity index (χ1n) is 8.67. The van der Waals surface area contributed by atoms with Crippen molar-refractivity contribution < 1.29 is 19.0 Å². The van der Waals surface area contributed by atoms with E-state index in [1.807, 2.05) is 39.0 Å². The summed E-state index contributed by atoms with van der Waals surface area (Å²) >= 11 is 0. The van der Waals surface area contributed by atoms with E-state index in [0.717, 1.165) is 30.0 Å². The van der Waals surface area contributed by atoms with Crippen molar-refractivity contribution in [3.8, 4) is 11.5 Å². The molecule has 1 amide bonds. The second kappa shape index (κ2) is 11.1. The van der Waals surface area contributed by atoms with Crippen LogP contribution in [0.1, 0.15) is 26.3 Å². The molecule has 2 rings (SSSR count). The van der Waals surface area contributed by atoms with Gasteiger partial charge in [-0.05, 0) is 44.9 Å². The highest BCUT2D eigenvalue weighted by Crippen LogP contribution is 2.32. The molecule has 0 unspecified atom stereocenters. The molecule has 0 saturated heterocycles. The highest BCUT2D eigenvalue weighted by molar-refractivity contribution is 14.0. The van der Waals surface area contributed by atoms with Gasteiger partial charge >= 0.3 is 6.09 Å². The first kappa shape index (κ1) is 23.1. The van der Waals surface area contributed by atoms with Crippen molar-refractivity contribution in [3.05, 3.63) is 23.8 Å². The summed E-state index contributed by atoms with van der Waals surface area (Å²) in [4.78, 5) is 15.7. The zero-order chi connectivity index (χ0) is 19.0. The predicted octanol–water partition coefficient (Wildman–Crippen LogP) is 2.27. The average Bonchev–Trinajstić information content (AvgIpc) is 3.03. The van der Waals surface area contributed by atoms with Gasteiger partial charge in [-0.15, -0.1) is 24.0 Å². The quantitative estimate of drug-likeness (QED) is 0.244. The van der Waals surface area contributed by atoms with Gasteiger partial charge in [0.05, 0.1) is 0 Å². The van der Waals surface area contributed by atoms with Crippen LogP contribution in [-0.2, 0) is 11.2 Å². The Balaban J connectivity index is 0.00000364. The van der Waals surface area contributed by atoms with Crippen molar-refractivity contribution in [2.24, 2.45) is 4.99 Å². The Morgan fingerprint density at radius 2 is 1.78 bits per heavy atom. The van der Waals surface area contributed by atoms with Crippen LogP contribution in [0.3, 0.4) is 0 Å². The van der Waals surface area contributed by atoms with Crippen LogP contribution < -0.4 is 25.4 Å². The minimum Gasteiger partial charge on any atom is -0.454 e. The fourth-order valence-corrected chi connectivity index (χ4v) is 2.30. The molecule has 0 aromatic heterocycles. The second-order valence-electron chi connectivity index (χ2n) is 6.79. The van der Waals surface area contributed by atoms with E-state index < -0.39 is 11.7 Å². The number of amides is 1. The predicted molar refractivity (Wildman–Crippen MR) is 115 cm³/mol. The summed E-state index contributed by atoms with van der Waals surface area (Å²) in [6.45, 7) is 7.48. The molecule has 0 atom stereocenters. The lowest BCUT2D eigenvalue weighted by molar-refractivity contribution is 0.0529. The number of carbonyl (C=O) groups excluding carboxylic acids is 1. The van der Waals surface area contributed by atoms with E-state index in [1.165, 1.54) is 0 Å². The number of aliphatic imine (C=N–C) groups is 1. The fourth-order valence-electron chi connectivity index (χ4n) is 2.30. The largest absolute Gasteiger partial charge is 0.454 e. The molecule has 0 bridgehead atoms. The van der Waals surface area contributed by atoms with Gasteiger partial charge in [0, 0.05) is 26.7 Å². The summed E-state index contributed by atoms with van der Waals surface area (Å²) in [5.41, 5.74) is 0.660. The zero-order valence-electron chi connectivity index (χ0n) is 16.3. The maximum absolute atomic E-state index is 11.6. The number of alkyl carbamates (subject to hydrolysis) is 1. The number of hydrogen-bond acceptors (Lipinski definition) is 5. The number of ether oxygens (including phenoxy) is 3. The van der Waals surface area contributed by atoms with Crippen LogP contribution in [0.5, 0.6) is 11.5 Å². The lowest BCUT2D eigenvalue weighted by Crippen LogP contribution is -2.42. The van der Waals surface area contributed by atoms with Crippen LogP contribution in [0, 0.1) is 0 Å². The smallest absolute Gasteiger partial charge is 0.407 e. The number of nitrogens with one attached hydrogen (secondary N) is 3. The maximum Gasteiger partial charge on any atom is 0.407 e. The van der Waals surface area contributed by atoms with Crippen molar-refractivity contribution in [1.29, 1.82) is 0 Å². The van der Waals surface area contributed by atoms with Gasteiger partial charge in [-0.25, -0.2) is 4.79 Å². The Labute approximate surface area is 177 Å². The third-order valence-electron chi connectivity index (χ3n) is 3.45. The molecule has 27 heavy (non-hydrogen) atoms. The average molecular weight is 492 g/mol. The molecule has 9 heteroatoms. The summed E-state index contributed by atoms with van der Waals surface area (Å²) in [5, 5.41) is 9.07. The van der Waals surface area contributed by atoms with Crippen LogP contribution >= 0.6 is 24.0 Å². The second-order valence-corrected chi connectivity index (χ2v) is 6.79. The van der Waals surface area contributed by atoms with E-state index in [0.29, 0.717) is 19.0 Å². The Morgan fingerprint density at radius 1 is 1.11 bits per heavy atom. The number of carbonyl (C=O) groups is 1. The van der Waals surface area contributed by atoms with Crippen LogP contribution in [0.4, 0.5) is 4.79 Å². The van der Waals surface area contributed by atoms with Crippen molar-refractivity contribution in [1.82, 2.24) is 16.0 Å². The van der Waals surface area contributed by atoms with E-state index in [2.05, 4.69) is 20.9 Å². The number of fused-ring (bicyclic) bond motifs is 1. The SMILES string of the molecule is CN=C(NCCNC(=O)OC(C)(C)C)NCCc1ccc2c(c1)OCO2.I. The third kappa shape index (κ3) is 8.55. The van der Waals surface area contributed by atoms with Crippen molar-refractivity contribution >= 4 is 36.0 Å². The Kier molecular flexibility index (Phi) is 9.47. The Hall–Kier alpha value is -1.91. The van der Waals surface area contributed by atoms with Crippen LogP contribution in [0.15, 0.2) is 23.2 Å². The molecule has 1 aliphatic rings.